The van der Waals surface area contributed by atoms with E-state index in [2.05, 4.69) is 15.5 Å². The second-order valence-electron chi connectivity index (χ2n) is 6.08. The minimum absolute atomic E-state index is 0.160. The van der Waals surface area contributed by atoms with Gasteiger partial charge in [0.05, 0.1) is 6.54 Å². The molecule has 0 unspecified atom stereocenters. The van der Waals surface area contributed by atoms with E-state index in [9.17, 15) is 4.79 Å². The van der Waals surface area contributed by atoms with E-state index in [0.29, 0.717) is 19.7 Å². The number of nitrogens with zero attached hydrogens (tertiary/aromatic N) is 1. The summed E-state index contributed by atoms with van der Waals surface area (Å²) in [5.41, 5.74) is 0.236. The SMILES string of the molecule is COCCCNC(=O)CN1CCNCC12CCCCC2. The van der Waals surface area contributed by atoms with E-state index in [4.69, 9.17) is 4.74 Å². The van der Waals surface area contributed by atoms with Crippen LogP contribution in [0.5, 0.6) is 0 Å². The lowest BCUT2D eigenvalue weighted by Crippen LogP contribution is -2.63. The summed E-state index contributed by atoms with van der Waals surface area (Å²) in [6.07, 6.45) is 7.29. The molecule has 20 heavy (non-hydrogen) atoms. The van der Waals surface area contributed by atoms with Gasteiger partial charge in [-0.05, 0) is 19.3 Å². The van der Waals surface area contributed by atoms with E-state index in [1.54, 1.807) is 7.11 Å². The number of carbonyl (C=O) groups is 1. The van der Waals surface area contributed by atoms with Gasteiger partial charge >= 0.3 is 0 Å². The van der Waals surface area contributed by atoms with Crippen molar-refractivity contribution in [1.82, 2.24) is 15.5 Å². The largest absolute Gasteiger partial charge is 0.385 e. The third-order valence-corrected chi connectivity index (χ3v) is 4.65. The summed E-state index contributed by atoms with van der Waals surface area (Å²) in [7, 11) is 1.69. The first-order chi connectivity index (χ1) is 9.77. The zero-order valence-electron chi connectivity index (χ0n) is 12.7. The Morgan fingerprint density at radius 2 is 2.15 bits per heavy atom. The molecule has 1 amide bonds. The second-order valence-corrected chi connectivity index (χ2v) is 6.08. The monoisotopic (exact) mass is 283 g/mol. The average molecular weight is 283 g/mol. The van der Waals surface area contributed by atoms with Crippen LogP contribution in [0.25, 0.3) is 0 Å². The summed E-state index contributed by atoms with van der Waals surface area (Å²) in [4.78, 5) is 14.5. The summed E-state index contributed by atoms with van der Waals surface area (Å²) in [5.74, 6) is 0.160. The van der Waals surface area contributed by atoms with Gasteiger partial charge in [0, 0.05) is 45.4 Å². The Kier molecular flexibility index (Phi) is 6.26. The van der Waals surface area contributed by atoms with E-state index >= 15 is 0 Å². The molecule has 0 aromatic carbocycles. The van der Waals surface area contributed by atoms with Gasteiger partial charge in [0.2, 0.25) is 5.91 Å². The van der Waals surface area contributed by atoms with Crippen molar-refractivity contribution in [3.05, 3.63) is 0 Å². The first-order valence-electron chi connectivity index (χ1n) is 7.98. The molecular weight excluding hydrogens is 254 g/mol. The van der Waals surface area contributed by atoms with Gasteiger partial charge in [0.1, 0.15) is 0 Å². The second kappa shape index (κ2) is 7.96. The zero-order valence-corrected chi connectivity index (χ0v) is 12.7. The van der Waals surface area contributed by atoms with Crippen LogP contribution >= 0.6 is 0 Å². The third kappa shape index (κ3) is 4.17. The normalized spacial score (nSPS) is 22.9. The van der Waals surface area contributed by atoms with Crippen molar-refractivity contribution in [3.63, 3.8) is 0 Å². The molecule has 116 valence electrons. The molecule has 5 heteroatoms. The summed E-state index contributed by atoms with van der Waals surface area (Å²) in [5, 5.41) is 6.52. The highest BCUT2D eigenvalue weighted by Crippen LogP contribution is 2.34. The number of hydrogen-bond donors (Lipinski definition) is 2. The highest BCUT2D eigenvalue weighted by Gasteiger charge is 2.40. The summed E-state index contributed by atoms with van der Waals surface area (Å²) in [6.45, 7) is 5.01. The molecule has 0 aromatic rings. The lowest BCUT2D eigenvalue weighted by molar-refractivity contribution is -0.125. The fraction of sp³-hybridized carbons (Fsp3) is 0.933. The molecule has 0 atom stereocenters. The maximum absolute atomic E-state index is 12.1. The first kappa shape index (κ1) is 15.7. The molecule has 0 radical (unpaired) electrons. The summed E-state index contributed by atoms with van der Waals surface area (Å²) in [6, 6.07) is 0. The lowest BCUT2D eigenvalue weighted by atomic mass is 9.79. The predicted molar refractivity (Wildman–Crippen MR) is 79.8 cm³/mol. The molecule has 5 nitrogen and oxygen atoms in total. The molecule has 1 heterocycles. The average Bonchev–Trinajstić information content (AvgIpc) is 2.47. The third-order valence-electron chi connectivity index (χ3n) is 4.65. The number of nitrogens with one attached hydrogen (secondary N) is 2. The van der Waals surface area contributed by atoms with Crippen molar-refractivity contribution < 1.29 is 9.53 Å². The molecule has 2 N–H and O–H groups in total. The van der Waals surface area contributed by atoms with Gasteiger partial charge in [-0.1, -0.05) is 19.3 Å². The van der Waals surface area contributed by atoms with Crippen molar-refractivity contribution >= 4 is 5.91 Å². The summed E-state index contributed by atoms with van der Waals surface area (Å²) >= 11 is 0. The molecule has 1 aliphatic carbocycles. The number of piperazine rings is 1. The van der Waals surface area contributed by atoms with Crippen molar-refractivity contribution in [2.75, 3.05) is 46.4 Å². The minimum atomic E-state index is 0.160. The fourth-order valence-corrected chi connectivity index (χ4v) is 3.51. The van der Waals surface area contributed by atoms with Gasteiger partial charge in [-0.25, -0.2) is 0 Å². The molecule has 1 saturated carbocycles. The standard InChI is InChI=1S/C15H29N3O2/c1-20-11-5-8-17-14(19)12-18-10-9-16-13-15(18)6-3-2-4-7-15/h16H,2-13H2,1H3,(H,17,19). The first-order valence-corrected chi connectivity index (χ1v) is 7.98. The van der Waals surface area contributed by atoms with Crippen LogP contribution in [0.2, 0.25) is 0 Å². The number of hydrogen-bond acceptors (Lipinski definition) is 4. The fourth-order valence-electron chi connectivity index (χ4n) is 3.51. The van der Waals surface area contributed by atoms with Crippen molar-refractivity contribution in [3.8, 4) is 0 Å². The molecule has 1 aliphatic heterocycles. The van der Waals surface area contributed by atoms with Gasteiger partial charge < -0.3 is 15.4 Å². The molecular formula is C15H29N3O2. The summed E-state index contributed by atoms with van der Waals surface area (Å²) < 4.78 is 4.99. The quantitative estimate of drug-likeness (QED) is 0.706. The Balaban J connectivity index is 1.80. The lowest BCUT2D eigenvalue weighted by Gasteiger charge is -2.49. The minimum Gasteiger partial charge on any atom is -0.385 e. The van der Waals surface area contributed by atoms with E-state index in [0.717, 1.165) is 26.1 Å². The van der Waals surface area contributed by atoms with Gasteiger partial charge in [0.15, 0.2) is 0 Å². The van der Waals surface area contributed by atoms with E-state index < -0.39 is 0 Å². The molecule has 1 saturated heterocycles. The van der Waals surface area contributed by atoms with Gasteiger partial charge in [-0.15, -0.1) is 0 Å². The van der Waals surface area contributed by atoms with Crippen LogP contribution in [0.3, 0.4) is 0 Å². The Morgan fingerprint density at radius 3 is 2.90 bits per heavy atom. The molecule has 0 bridgehead atoms. The smallest absolute Gasteiger partial charge is 0.234 e. The van der Waals surface area contributed by atoms with Crippen LogP contribution in [0.15, 0.2) is 0 Å². The Labute approximate surface area is 122 Å². The Hall–Kier alpha value is -0.650. The Bertz CT molecular complexity index is 295. The number of ether oxygens (including phenoxy) is 1. The number of carbonyl (C=O) groups excluding carboxylic acids is 1. The Morgan fingerprint density at radius 1 is 1.35 bits per heavy atom. The number of methoxy groups -OCH3 is 1. The molecule has 2 aliphatic rings. The highest BCUT2D eigenvalue weighted by molar-refractivity contribution is 5.78. The van der Waals surface area contributed by atoms with Gasteiger partial charge in [0.25, 0.3) is 0 Å². The van der Waals surface area contributed by atoms with Crippen LogP contribution in [0.4, 0.5) is 0 Å². The molecule has 1 spiro atoms. The van der Waals surface area contributed by atoms with E-state index in [-0.39, 0.29) is 11.4 Å². The van der Waals surface area contributed by atoms with Crippen molar-refractivity contribution in [2.45, 2.75) is 44.1 Å². The maximum atomic E-state index is 12.1. The maximum Gasteiger partial charge on any atom is 0.234 e. The zero-order chi connectivity index (χ0) is 14.3. The molecule has 0 aromatic heterocycles. The van der Waals surface area contributed by atoms with Gasteiger partial charge in [-0.3, -0.25) is 9.69 Å². The highest BCUT2D eigenvalue weighted by atomic mass is 16.5. The van der Waals surface area contributed by atoms with Crippen LogP contribution in [-0.4, -0.2) is 62.8 Å². The topological polar surface area (TPSA) is 53.6 Å². The predicted octanol–water partition coefficient (Wildman–Crippen LogP) is 0.747. The van der Waals surface area contributed by atoms with Gasteiger partial charge in [-0.2, -0.15) is 0 Å². The van der Waals surface area contributed by atoms with Crippen molar-refractivity contribution in [2.24, 2.45) is 0 Å². The van der Waals surface area contributed by atoms with Crippen LogP contribution in [-0.2, 0) is 9.53 Å². The van der Waals surface area contributed by atoms with Crippen LogP contribution in [0.1, 0.15) is 38.5 Å². The van der Waals surface area contributed by atoms with E-state index in [1.165, 1.54) is 32.1 Å². The van der Waals surface area contributed by atoms with Crippen molar-refractivity contribution in [1.29, 1.82) is 0 Å². The van der Waals surface area contributed by atoms with Crippen LogP contribution < -0.4 is 10.6 Å². The van der Waals surface area contributed by atoms with Crippen LogP contribution in [0, 0.1) is 0 Å². The number of rotatable bonds is 6. The molecule has 2 rings (SSSR count). The number of amides is 1. The molecule has 2 fully saturated rings. The van der Waals surface area contributed by atoms with E-state index in [1.807, 2.05) is 0 Å².